The molecule has 0 aromatic carbocycles. The largest absolute Gasteiger partial charge is 0.468 e. The zero-order valence-electron chi connectivity index (χ0n) is 15.8. The number of hydrogen-bond acceptors (Lipinski definition) is 7. The number of ether oxygens (including phenoxy) is 1. The van der Waals surface area contributed by atoms with Crippen LogP contribution in [0.1, 0.15) is 6.42 Å². The van der Waals surface area contributed by atoms with Gasteiger partial charge in [0.25, 0.3) is 5.91 Å². The van der Waals surface area contributed by atoms with Crippen LogP contribution in [0.2, 0.25) is 0 Å². The number of carbonyl (C=O) groups excluding carboxylic acids is 1. The van der Waals surface area contributed by atoms with Crippen LogP contribution in [0.15, 0.2) is 51.6 Å². The van der Waals surface area contributed by atoms with Crippen molar-refractivity contribution in [2.24, 2.45) is 4.99 Å². The maximum absolute atomic E-state index is 12.3. The highest BCUT2D eigenvalue weighted by Gasteiger charge is 2.32. The Labute approximate surface area is 175 Å². The molecule has 0 aliphatic carbocycles. The van der Waals surface area contributed by atoms with Crippen LogP contribution in [0.4, 0.5) is 13.2 Å². The van der Waals surface area contributed by atoms with Crippen LogP contribution >= 0.6 is 11.6 Å². The number of aliphatic hydroxyl groups excluding tert-OH is 1. The predicted octanol–water partition coefficient (Wildman–Crippen LogP) is 1.04. The van der Waals surface area contributed by atoms with Crippen LogP contribution in [0, 0.1) is 0 Å². The third-order valence-corrected chi connectivity index (χ3v) is 4.58. The van der Waals surface area contributed by atoms with Crippen LogP contribution in [0.25, 0.3) is 0 Å². The van der Waals surface area contributed by atoms with E-state index in [4.69, 9.17) is 16.7 Å². The van der Waals surface area contributed by atoms with Crippen LogP contribution in [-0.4, -0.2) is 66.8 Å². The average Bonchev–Trinajstić information content (AvgIpc) is 3.09. The molecule has 1 unspecified atom stereocenters. The van der Waals surface area contributed by atoms with Crippen molar-refractivity contribution in [1.82, 2.24) is 21.1 Å². The predicted molar refractivity (Wildman–Crippen MR) is 104 cm³/mol. The van der Waals surface area contributed by atoms with Crippen LogP contribution in [-0.2, 0) is 9.53 Å². The molecule has 0 fully saturated rings. The van der Waals surface area contributed by atoms with E-state index in [2.05, 4.69) is 25.8 Å². The zero-order valence-corrected chi connectivity index (χ0v) is 16.6. The molecule has 3 aliphatic rings. The summed E-state index contributed by atoms with van der Waals surface area (Å²) in [6.45, 7) is -0.465. The molecule has 0 spiro atoms. The summed E-state index contributed by atoms with van der Waals surface area (Å²) >= 11 is 6.03. The van der Waals surface area contributed by atoms with Crippen molar-refractivity contribution in [2.45, 2.75) is 18.6 Å². The number of aliphatic hydroxyl groups is 1. The fraction of sp³-hybridized carbons (Fsp3) is 0.444. The molecule has 12 heteroatoms. The lowest BCUT2D eigenvalue weighted by atomic mass is 10.0. The van der Waals surface area contributed by atoms with E-state index in [1.165, 1.54) is 0 Å². The van der Waals surface area contributed by atoms with Crippen LogP contribution in [0.3, 0.4) is 0 Å². The van der Waals surface area contributed by atoms with Gasteiger partial charge in [-0.1, -0.05) is 11.6 Å². The minimum Gasteiger partial charge on any atom is -0.468 e. The minimum absolute atomic E-state index is 0.0174. The van der Waals surface area contributed by atoms with Gasteiger partial charge in [0, 0.05) is 37.7 Å². The molecular formula is C18H21ClF3N5O3. The number of rotatable bonds is 8. The molecule has 30 heavy (non-hydrogen) atoms. The van der Waals surface area contributed by atoms with E-state index in [9.17, 15) is 18.0 Å². The van der Waals surface area contributed by atoms with Crippen LogP contribution < -0.4 is 16.1 Å². The molecule has 3 heterocycles. The summed E-state index contributed by atoms with van der Waals surface area (Å²) in [5.41, 5.74) is 4.99. The quantitative estimate of drug-likeness (QED) is 0.415. The van der Waals surface area contributed by atoms with Crippen molar-refractivity contribution in [2.75, 3.05) is 32.8 Å². The van der Waals surface area contributed by atoms with Gasteiger partial charge in [0.15, 0.2) is 6.61 Å². The summed E-state index contributed by atoms with van der Waals surface area (Å²) in [5.74, 6) is -0.445. The average molecular weight is 448 g/mol. The van der Waals surface area contributed by atoms with Gasteiger partial charge >= 0.3 is 6.18 Å². The smallest absolute Gasteiger partial charge is 0.422 e. The molecule has 0 radical (unpaired) electrons. The first-order valence-corrected chi connectivity index (χ1v) is 9.55. The van der Waals surface area contributed by atoms with Gasteiger partial charge < -0.3 is 25.5 Å². The second kappa shape index (κ2) is 9.54. The fourth-order valence-electron chi connectivity index (χ4n) is 2.98. The number of allylic oxidation sites excluding steroid dienone is 2. The molecule has 0 saturated heterocycles. The van der Waals surface area contributed by atoms with E-state index >= 15 is 0 Å². The number of dihydropyridines is 1. The van der Waals surface area contributed by atoms with Crippen molar-refractivity contribution in [1.29, 1.82) is 0 Å². The maximum Gasteiger partial charge on any atom is 0.422 e. The Morgan fingerprint density at radius 3 is 2.97 bits per heavy atom. The molecule has 3 aliphatic heterocycles. The van der Waals surface area contributed by atoms with Crippen molar-refractivity contribution in [3.63, 3.8) is 0 Å². The fourth-order valence-corrected chi connectivity index (χ4v) is 3.26. The van der Waals surface area contributed by atoms with E-state index in [-0.39, 0.29) is 41.7 Å². The molecular weight excluding hydrogens is 427 g/mol. The Balaban J connectivity index is 1.62. The maximum atomic E-state index is 12.3. The first kappa shape index (κ1) is 22.2. The van der Waals surface area contributed by atoms with Gasteiger partial charge in [-0.3, -0.25) is 9.79 Å². The van der Waals surface area contributed by atoms with Crippen molar-refractivity contribution in [3.05, 3.63) is 46.6 Å². The normalized spacial score (nSPS) is 20.9. The Bertz CT molecular complexity index is 835. The summed E-state index contributed by atoms with van der Waals surface area (Å²) in [7, 11) is 0. The summed E-state index contributed by atoms with van der Waals surface area (Å²) in [6, 6.07) is -0.227. The van der Waals surface area contributed by atoms with Crippen molar-refractivity contribution >= 4 is 23.2 Å². The highest BCUT2D eigenvalue weighted by Crippen LogP contribution is 2.24. The van der Waals surface area contributed by atoms with Gasteiger partial charge in [-0.2, -0.15) is 13.2 Å². The SMILES string of the molecule is O=C(NCCCO)C1=NC=CC2NN(CC3=CC(Cl)=C(OCC(F)(F)F)NC3)C=C12. The van der Waals surface area contributed by atoms with Gasteiger partial charge in [0.1, 0.15) is 10.7 Å². The molecule has 0 aromatic rings. The van der Waals surface area contributed by atoms with Gasteiger partial charge in [-0.15, -0.1) is 0 Å². The van der Waals surface area contributed by atoms with E-state index in [0.717, 1.165) is 5.57 Å². The second-order valence-corrected chi connectivity index (χ2v) is 7.12. The number of nitrogens with one attached hydrogen (secondary N) is 3. The van der Waals surface area contributed by atoms with Gasteiger partial charge in [0.05, 0.1) is 12.6 Å². The number of fused-ring (bicyclic) bond motifs is 1. The van der Waals surface area contributed by atoms with Crippen molar-refractivity contribution < 1.29 is 27.8 Å². The lowest BCUT2D eigenvalue weighted by molar-refractivity contribution is -0.166. The van der Waals surface area contributed by atoms with Gasteiger partial charge in [-0.05, 0) is 24.1 Å². The minimum atomic E-state index is -4.45. The number of amides is 1. The van der Waals surface area contributed by atoms with Crippen LogP contribution in [0.5, 0.6) is 0 Å². The third kappa shape index (κ3) is 5.77. The molecule has 8 nitrogen and oxygen atoms in total. The molecule has 1 amide bonds. The first-order valence-electron chi connectivity index (χ1n) is 9.18. The number of aliphatic imine (C=N–C) groups is 1. The lowest BCUT2D eigenvalue weighted by Gasteiger charge is -2.24. The standard InChI is InChI=1S/C18H21ClF3N5O3/c19-13-6-11(7-25-17(13)30-10-18(20,21)22)8-27-9-12-14(26-27)2-4-23-15(12)16(29)24-3-1-5-28/h2,4,6,9,14,25-26,28H,1,3,5,7-8,10H2,(H,24,29). The topological polar surface area (TPSA) is 98.2 Å². The Kier molecular flexibility index (Phi) is 7.06. The number of alkyl halides is 3. The molecule has 164 valence electrons. The summed E-state index contributed by atoms with van der Waals surface area (Å²) in [4.78, 5) is 16.5. The molecule has 1 atom stereocenters. The number of carbonyl (C=O) groups is 1. The lowest BCUT2D eigenvalue weighted by Crippen LogP contribution is -2.41. The number of hydrazine groups is 1. The van der Waals surface area contributed by atoms with E-state index in [0.29, 0.717) is 25.1 Å². The Morgan fingerprint density at radius 2 is 2.27 bits per heavy atom. The van der Waals surface area contributed by atoms with Crippen molar-refractivity contribution in [3.8, 4) is 0 Å². The number of hydrogen-bond donors (Lipinski definition) is 4. The number of nitrogens with zero attached hydrogens (tertiary/aromatic N) is 2. The summed E-state index contributed by atoms with van der Waals surface area (Å²) in [5, 5.41) is 16.1. The van der Waals surface area contributed by atoms with Gasteiger partial charge in [-0.25, -0.2) is 5.43 Å². The van der Waals surface area contributed by atoms with E-state index in [1.807, 2.05) is 0 Å². The Hall–Kier alpha value is -2.50. The highest BCUT2D eigenvalue weighted by molar-refractivity contribution is 6.46. The van der Waals surface area contributed by atoms with E-state index < -0.39 is 12.8 Å². The second-order valence-electron chi connectivity index (χ2n) is 6.71. The molecule has 0 bridgehead atoms. The summed E-state index contributed by atoms with van der Waals surface area (Å²) < 4.78 is 41.6. The number of halogens is 4. The Morgan fingerprint density at radius 1 is 1.47 bits per heavy atom. The first-order chi connectivity index (χ1) is 14.3. The molecule has 0 aromatic heterocycles. The van der Waals surface area contributed by atoms with E-state index in [1.54, 1.807) is 29.6 Å². The zero-order chi connectivity index (χ0) is 21.7. The van der Waals surface area contributed by atoms with Gasteiger partial charge in [0.2, 0.25) is 5.88 Å². The molecule has 4 N–H and O–H groups in total. The summed E-state index contributed by atoms with van der Waals surface area (Å²) in [6.07, 6.45) is 2.66. The highest BCUT2D eigenvalue weighted by atomic mass is 35.5. The molecule has 3 rings (SSSR count). The monoisotopic (exact) mass is 447 g/mol. The third-order valence-electron chi connectivity index (χ3n) is 4.30. The molecule has 0 saturated carbocycles.